The van der Waals surface area contributed by atoms with Gasteiger partial charge in [0.05, 0.1) is 36.2 Å². The maximum Gasteiger partial charge on any atom is 0.261 e. The second-order valence-corrected chi connectivity index (χ2v) is 6.34. The van der Waals surface area contributed by atoms with Crippen LogP contribution in [-0.2, 0) is 4.74 Å². The molecule has 0 aromatic heterocycles. The normalized spacial score (nSPS) is 12.6. The van der Waals surface area contributed by atoms with Crippen molar-refractivity contribution in [1.82, 2.24) is 4.90 Å². The molecule has 0 fully saturated rings. The van der Waals surface area contributed by atoms with E-state index >= 15 is 0 Å². The molecule has 30 heavy (non-hydrogen) atoms. The molecule has 1 N–H and O–H groups in total. The molecular formula is C20H14N2O8-2. The molecule has 154 valence electrons. The summed E-state index contributed by atoms with van der Waals surface area (Å²) in [5.74, 6) is -5.08. The molecule has 3 rings (SSSR count). The summed E-state index contributed by atoms with van der Waals surface area (Å²) < 4.78 is 4.88. The van der Waals surface area contributed by atoms with Crippen LogP contribution in [0.5, 0.6) is 0 Å². The number of nitrogens with zero attached hydrogens (tertiary/aromatic N) is 1. The first-order valence-corrected chi connectivity index (χ1v) is 8.61. The Morgan fingerprint density at radius 3 is 2.07 bits per heavy atom. The molecule has 3 amide bonds. The predicted octanol–water partition coefficient (Wildman–Crippen LogP) is -1.09. The molecule has 0 bridgehead atoms. The molecule has 2 aromatic carbocycles. The lowest BCUT2D eigenvalue weighted by molar-refractivity contribution is -0.255. The van der Waals surface area contributed by atoms with Gasteiger partial charge in [0.1, 0.15) is 0 Å². The van der Waals surface area contributed by atoms with Crippen molar-refractivity contribution in [1.29, 1.82) is 0 Å². The minimum atomic E-state index is -1.63. The van der Waals surface area contributed by atoms with Crippen molar-refractivity contribution in [3.63, 3.8) is 0 Å². The second kappa shape index (κ2) is 8.13. The number of methoxy groups -OCH3 is 1. The molecule has 0 radical (unpaired) electrons. The molecule has 10 nitrogen and oxygen atoms in total. The van der Waals surface area contributed by atoms with E-state index < -0.39 is 40.8 Å². The van der Waals surface area contributed by atoms with Gasteiger partial charge >= 0.3 is 0 Å². The highest BCUT2D eigenvalue weighted by atomic mass is 16.5. The number of hydrogen-bond acceptors (Lipinski definition) is 8. The lowest BCUT2D eigenvalue weighted by Crippen LogP contribution is -2.32. The molecule has 1 aliphatic rings. The number of hydrogen-bond donors (Lipinski definition) is 1. The molecule has 1 aliphatic heterocycles. The molecule has 0 atom stereocenters. The van der Waals surface area contributed by atoms with Gasteiger partial charge in [-0.2, -0.15) is 0 Å². The zero-order valence-corrected chi connectivity index (χ0v) is 15.6. The average molecular weight is 410 g/mol. The maximum absolute atomic E-state index is 12.6. The predicted molar refractivity (Wildman–Crippen MR) is 96.7 cm³/mol. The topological polar surface area (TPSA) is 156 Å². The second-order valence-electron chi connectivity index (χ2n) is 6.34. The Morgan fingerprint density at radius 2 is 1.50 bits per heavy atom. The summed E-state index contributed by atoms with van der Waals surface area (Å²) in [6.45, 7) is 0.223. The van der Waals surface area contributed by atoms with Crippen molar-refractivity contribution in [2.75, 3.05) is 25.6 Å². The van der Waals surface area contributed by atoms with Crippen LogP contribution in [0.2, 0.25) is 0 Å². The monoisotopic (exact) mass is 410 g/mol. The highest BCUT2D eigenvalue weighted by Crippen LogP contribution is 2.24. The van der Waals surface area contributed by atoms with Crippen LogP contribution in [0.15, 0.2) is 36.4 Å². The number of carboxylic acids is 2. The van der Waals surface area contributed by atoms with Gasteiger partial charge in [-0.3, -0.25) is 19.3 Å². The number of carboxylic acid groups (broad SMARTS) is 2. The summed E-state index contributed by atoms with van der Waals surface area (Å²) in [7, 11) is 1.43. The fourth-order valence-corrected chi connectivity index (χ4v) is 2.96. The number of rotatable bonds is 7. The minimum absolute atomic E-state index is 0.0114. The van der Waals surface area contributed by atoms with Gasteiger partial charge in [0.15, 0.2) is 0 Å². The maximum atomic E-state index is 12.6. The van der Waals surface area contributed by atoms with Crippen molar-refractivity contribution in [2.45, 2.75) is 0 Å². The Labute approximate surface area is 169 Å². The van der Waals surface area contributed by atoms with Crippen molar-refractivity contribution in [3.05, 3.63) is 64.2 Å². The molecule has 0 saturated heterocycles. The fraction of sp³-hybridized carbons (Fsp3) is 0.150. The fourth-order valence-electron chi connectivity index (χ4n) is 2.96. The Bertz CT molecular complexity index is 1060. The van der Waals surface area contributed by atoms with E-state index in [1.165, 1.54) is 25.3 Å². The molecule has 0 saturated carbocycles. The van der Waals surface area contributed by atoms with Crippen LogP contribution in [0.25, 0.3) is 0 Å². The first kappa shape index (κ1) is 20.7. The van der Waals surface area contributed by atoms with E-state index in [-0.39, 0.29) is 35.5 Å². The highest BCUT2D eigenvalue weighted by molar-refractivity contribution is 6.22. The number of imide groups is 1. The van der Waals surface area contributed by atoms with Crippen LogP contribution in [0.1, 0.15) is 51.8 Å². The van der Waals surface area contributed by atoms with Gasteiger partial charge in [0, 0.05) is 18.4 Å². The van der Waals surface area contributed by atoms with Gasteiger partial charge < -0.3 is 29.9 Å². The molecule has 2 aromatic rings. The number of anilines is 1. The SMILES string of the molecule is COCCN1C(=O)c2ccc(C(=O)Nc3cc(C(=O)[O-])cc(C(=O)[O-])c3)cc2C1=O. The van der Waals surface area contributed by atoms with Gasteiger partial charge in [-0.1, -0.05) is 0 Å². The van der Waals surface area contributed by atoms with Crippen molar-refractivity contribution < 1.29 is 38.9 Å². The van der Waals surface area contributed by atoms with Crippen LogP contribution in [0.3, 0.4) is 0 Å². The number of amides is 3. The van der Waals surface area contributed by atoms with Gasteiger partial charge in [-0.15, -0.1) is 0 Å². The van der Waals surface area contributed by atoms with Crippen molar-refractivity contribution in [2.24, 2.45) is 0 Å². The molecule has 0 spiro atoms. The standard InChI is InChI=1S/C20H16N2O8/c1-30-5-4-22-17(24)14-3-2-10(9-15(14)18(22)25)16(23)21-13-7-11(19(26)27)6-12(8-13)20(28)29/h2-3,6-9H,4-5H2,1H3,(H,21,23)(H,26,27)(H,28,29)/p-2. The third-order valence-corrected chi connectivity index (χ3v) is 4.41. The lowest BCUT2D eigenvalue weighted by Gasteiger charge is -2.12. The van der Waals surface area contributed by atoms with Crippen LogP contribution in [-0.4, -0.2) is 54.8 Å². The number of carbonyl (C=O) groups excluding carboxylic acids is 5. The summed E-state index contributed by atoms with van der Waals surface area (Å²) in [5, 5.41) is 24.5. The third-order valence-electron chi connectivity index (χ3n) is 4.41. The quantitative estimate of drug-likeness (QED) is 0.564. The first-order chi connectivity index (χ1) is 14.2. The number of carbonyl (C=O) groups is 5. The van der Waals surface area contributed by atoms with E-state index in [0.29, 0.717) is 0 Å². The zero-order valence-electron chi connectivity index (χ0n) is 15.6. The number of aromatic carboxylic acids is 2. The molecule has 10 heteroatoms. The van der Waals surface area contributed by atoms with Crippen LogP contribution < -0.4 is 15.5 Å². The minimum Gasteiger partial charge on any atom is -0.545 e. The highest BCUT2D eigenvalue weighted by Gasteiger charge is 2.35. The third kappa shape index (κ3) is 3.89. The lowest BCUT2D eigenvalue weighted by atomic mass is 10.0. The van der Waals surface area contributed by atoms with E-state index in [4.69, 9.17) is 4.74 Å². The van der Waals surface area contributed by atoms with Gasteiger partial charge in [0.25, 0.3) is 17.7 Å². The summed E-state index contributed by atoms with van der Waals surface area (Å²) >= 11 is 0. The van der Waals surface area contributed by atoms with E-state index in [9.17, 15) is 34.2 Å². The van der Waals surface area contributed by atoms with Crippen molar-refractivity contribution >= 4 is 35.3 Å². The van der Waals surface area contributed by atoms with Gasteiger partial charge in [-0.05, 0) is 47.5 Å². The number of benzene rings is 2. The van der Waals surface area contributed by atoms with Crippen molar-refractivity contribution in [3.8, 4) is 0 Å². The molecule has 1 heterocycles. The van der Waals surface area contributed by atoms with E-state index in [2.05, 4.69) is 5.32 Å². The number of nitrogens with one attached hydrogen (secondary N) is 1. The first-order valence-electron chi connectivity index (χ1n) is 8.61. The molecular weight excluding hydrogens is 396 g/mol. The summed E-state index contributed by atoms with van der Waals surface area (Å²) in [6.07, 6.45) is 0. The number of fused-ring (bicyclic) bond motifs is 1. The summed E-state index contributed by atoms with van der Waals surface area (Å²) in [5.41, 5.74) is -0.845. The van der Waals surface area contributed by atoms with E-state index in [0.717, 1.165) is 23.1 Å². The molecule has 0 aliphatic carbocycles. The van der Waals surface area contributed by atoms with Crippen LogP contribution in [0, 0.1) is 0 Å². The van der Waals surface area contributed by atoms with Gasteiger partial charge in [-0.25, -0.2) is 0 Å². The van der Waals surface area contributed by atoms with Crippen LogP contribution in [0.4, 0.5) is 5.69 Å². The van der Waals surface area contributed by atoms with Gasteiger partial charge in [0.2, 0.25) is 0 Å². The Balaban J connectivity index is 1.87. The molecule has 0 unspecified atom stereocenters. The van der Waals surface area contributed by atoms with Crippen LogP contribution >= 0.6 is 0 Å². The smallest absolute Gasteiger partial charge is 0.261 e. The Morgan fingerprint density at radius 1 is 0.900 bits per heavy atom. The summed E-state index contributed by atoms with van der Waals surface area (Å²) in [4.78, 5) is 60.5. The average Bonchev–Trinajstić information content (AvgIpc) is 2.95. The number of ether oxygens (including phenoxy) is 1. The van der Waals surface area contributed by atoms with E-state index in [1.54, 1.807) is 0 Å². The Hall–Kier alpha value is -4.05. The van der Waals surface area contributed by atoms with E-state index in [1.807, 2.05) is 0 Å². The Kier molecular flexibility index (Phi) is 5.61. The zero-order chi connectivity index (χ0) is 22.0. The summed E-state index contributed by atoms with van der Waals surface area (Å²) in [6, 6.07) is 6.78. The largest absolute Gasteiger partial charge is 0.545 e.